The number of halogens is 2. The summed E-state index contributed by atoms with van der Waals surface area (Å²) in [6, 6.07) is 3.93. The molecule has 3 N–H and O–H groups in total. The van der Waals surface area contributed by atoms with E-state index in [0.29, 0.717) is 12.8 Å². The summed E-state index contributed by atoms with van der Waals surface area (Å²) in [6.07, 6.45) is 1.30. The number of aryl methyl sites for hydroxylation is 2. The molecule has 1 aromatic carbocycles. The molecule has 0 aliphatic rings. The first kappa shape index (κ1) is 14.2. The second-order valence-electron chi connectivity index (χ2n) is 4.45. The highest BCUT2D eigenvalue weighted by molar-refractivity contribution is 5.95. The van der Waals surface area contributed by atoms with E-state index < -0.39 is 11.6 Å². The maximum atomic E-state index is 14.1. The van der Waals surface area contributed by atoms with Gasteiger partial charge < -0.3 is 5.73 Å². The van der Waals surface area contributed by atoms with Crippen molar-refractivity contribution in [3.63, 3.8) is 0 Å². The van der Waals surface area contributed by atoms with Crippen molar-refractivity contribution in [1.82, 2.24) is 9.78 Å². The Balaban J connectivity index is 2.63. The van der Waals surface area contributed by atoms with E-state index in [1.165, 1.54) is 4.68 Å². The van der Waals surface area contributed by atoms with Gasteiger partial charge in [0.2, 0.25) is 0 Å². The highest BCUT2D eigenvalue weighted by Crippen LogP contribution is 2.22. The molecule has 0 atom stereocenters. The Bertz CT molecular complexity index is 638. The fourth-order valence-electron chi connectivity index (χ4n) is 2.02. The van der Waals surface area contributed by atoms with Crippen LogP contribution in [-0.2, 0) is 12.8 Å². The van der Waals surface area contributed by atoms with Gasteiger partial charge in [-0.25, -0.2) is 13.5 Å². The van der Waals surface area contributed by atoms with Gasteiger partial charge in [0, 0.05) is 11.3 Å². The maximum absolute atomic E-state index is 14.1. The predicted octanol–water partition coefficient (Wildman–Crippen LogP) is 2.56. The highest BCUT2D eigenvalue weighted by atomic mass is 19.1. The first-order valence-corrected chi connectivity index (χ1v) is 6.39. The molecule has 106 valence electrons. The van der Waals surface area contributed by atoms with Crippen LogP contribution < -0.4 is 5.73 Å². The van der Waals surface area contributed by atoms with Crippen molar-refractivity contribution in [2.45, 2.75) is 26.7 Å². The topological polar surface area (TPSA) is 67.7 Å². The standard InChI is InChI=1S/C14H16F2N4/c1-3-9-7-10(4-2)20(19-9)13-11(15)5-8(14(17)18)6-12(13)16/h5-7H,3-4H2,1-2H3,(H3,17,18). The summed E-state index contributed by atoms with van der Waals surface area (Å²) in [7, 11) is 0. The average molecular weight is 278 g/mol. The van der Waals surface area contributed by atoms with Crippen molar-refractivity contribution < 1.29 is 8.78 Å². The fraction of sp³-hybridized carbons (Fsp3) is 0.286. The lowest BCUT2D eigenvalue weighted by Crippen LogP contribution is -2.14. The smallest absolute Gasteiger partial charge is 0.152 e. The molecule has 0 fully saturated rings. The molecule has 1 heterocycles. The molecule has 20 heavy (non-hydrogen) atoms. The second-order valence-corrected chi connectivity index (χ2v) is 4.45. The van der Waals surface area contributed by atoms with Gasteiger partial charge in [0.05, 0.1) is 5.69 Å². The van der Waals surface area contributed by atoms with Gasteiger partial charge in [-0.1, -0.05) is 13.8 Å². The lowest BCUT2D eigenvalue weighted by Gasteiger charge is -2.10. The fourth-order valence-corrected chi connectivity index (χ4v) is 2.02. The van der Waals surface area contributed by atoms with Gasteiger partial charge in [-0.2, -0.15) is 5.10 Å². The van der Waals surface area contributed by atoms with E-state index in [4.69, 9.17) is 11.1 Å². The highest BCUT2D eigenvalue weighted by Gasteiger charge is 2.18. The molecule has 0 spiro atoms. The van der Waals surface area contributed by atoms with Crippen LogP contribution in [0.3, 0.4) is 0 Å². The number of nitrogens with zero attached hydrogens (tertiary/aromatic N) is 2. The van der Waals surface area contributed by atoms with Crippen molar-refractivity contribution in [2.24, 2.45) is 5.73 Å². The molecule has 0 bridgehead atoms. The molecule has 2 aromatic rings. The van der Waals surface area contributed by atoms with Crippen LogP contribution in [0, 0.1) is 17.0 Å². The molecule has 4 nitrogen and oxygen atoms in total. The summed E-state index contributed by atoms with van der Waals surface area (Å²) in [5.74, 6) is -1.94. The number of nitrogens with one attached hydrogen (secondary N) is 1. The largest absolute Gasteiger partial charge is 0.384 e. The Morgan fingerprint density at radius 3 is 2.25 bits per heavy atom. The zero-order valence-electron chi connectivity index (χ0n) is 11.4. The van der Waals surface area contributed by atoms with E-state index >= 15 is 0 Å². The maximum Gasteiger partial charge on any atom is 0.152 e. The van der Waals surface area contributed by atoms with E-state index in [1.807, 2.05) is 19.9 Å². The molecule has 6 heteroatoms. The summed E-state index contributed by atoms with van der Waals surface area (Å²) in [5.41, 5.74) is 6.54. The molecule has 2 rings (SSSR count). The minimum absolute atomic E-state index is 0.0182. The third-order valence-corrected chi connectivity index (χ3v) is 3.10. The Labute approximate surface area is 115 Å². The van der Waals surface area contributed by atoms with Crippen LogP contribution in [0.15, 0.2) is 18.2 Å². The molecule has 0 saturated carbocycles. The number of benzene rings is 1. The van der Waals surface area contributed by atoms with Gasteiger partial charge in [0.1, 0.15) is 11.5 Å². The summed E-state index contributed by atoms with van der Waals surface area (Å²) < 4.78 is 29.6. The zero-order valence-corrected chi connectivity index (χ0v) is 11.4. The zero-order chi connectivity index (χ0) is 14.9. The number of hydrogen-bond donors (Lipinski definition) is 2. The van der Waals surface area contributed by atoms with Crippen LogP contribution >= 0.6 is 0 Å². The molecule has 0 aliphatic carbocycles. The minimum atomic E-state index is -0.782. The molecule has 0 amide bonds. The van der Waals surface area contributed by atoms with Gasteiger partial charge in [-0.15, -0.1) is 0 Å². The average Bonchev–Trinajstić information content (AvgIpc) is 2.81. The molecule has 0 radical (unpaired) electrons. The number of hydrogen-bond acceptors (Lipinski definition) is 2. The lowest BCUT2D eigenvalue weighted by atomic mass is 10.1. The van der Waals surface area contributed by atoms with E-state index in [0.717, 1.165) is 23.5 Å². The van der Waals surface area contributed by atoms with Gasteiger partial charge in [-0.3, -0.25) is 5.41 Å². The monoisotopic (exact) mass is 278 g/mol. The van der Waals surface area contributed by atoms with Crippen molar-refractivity contribution in [3.05, 3.63) is 46.8 Å². The van der Waals surface area contributed by atoms with E-state index in [2.05, 4.69) is 5.10 Å². The minimum Gasteiger partial charge on any atom is -0.384 e. The van der Waals surface area contributed by atoms with Crippen molar-refractivity contribution in [2.75, 3.05) is 0 Å². The van der Waals surface area contributed by atoms with E-state index in [9.17, 15) is 8.78 Å². The van der Waals surface area contributed by atoms with Crippen molar-refractivity contribution in [3.8, 4) is 5.69 Å². The molecule has 0 unspecified atom stereocenters. The van der Waals surface area contributed by atoms with Gasteiger partial charge >= 0.3 is 0 Å². The molecular weight excluding hydrogens is 262 g/mol. The molecule has 0 saturated heterocycles. The van der Waals surface area contributed by atoms with Crippen LogP contribution in [0.25, 0.3) is 5.69 Å². The van der Waals surface area contributed by atoms with Crippen LogP contribution in [0.2, 0.25) is 0 Å². The number of nitrogen functional groups attached to an aromatic ring is 1. The van der Waals surface area contributed by atoms with Crippen LogP contribution in [0.4, 0.5) is 8.78 Å². The third-order valence-electron chi connectivity index (χ3n) is 3.10. The number of amidine groups is 1. The summed E-state index contributed by atoms with van der Waals surface area (Å²) in [4.78, 5) is 0. The summed E-state index contributed by atoms with van der Waals surface area (Å²) in [5, 5.41) is 11.5. The van der Waals surface area contributed by atoms with E-state index in [1.54, 1.807) is 0 Å². The molecule has 1 aromatic heterocycles. The van der Waals surface area contributed by atoms with Gasteiger partial charge in [-0.05, 0) is 31.0 Å². The second kappa shape index (κ2) is 5.40. The number of aromatic nitrogens is 2. The normalized spacial score (nSPS) is 10.8. The first-order valence-electron chi connectivity index (χ1n) is 6.39. The molecular formula is C14H16F2N4. The van der Waals surface area contributed by atoms with Crippen molar-refractivity contribution >= 4 is 5.84 Å². The Kier molecular flexibility index (Phi) is 3.83. The van der Waals surface area contributed by atoms with Crippen LogP contribution in [-0.4, -0.2) is 15.6 Å². The van der Waals surface area contributed by atoms with Gasteiger partial charge in [0.15, 0.2) is 11.6 Å². The Morgan fingerprint density at radius 1 is 1.20 bits per heavy atom. The number of rotatable bonds is 4. The predicted molar refractivity (Wildman–Crippen MR) is 73.3 cm³/mol. The first-order chi connectivity index (χ1) is 9.47. The van der Waals surface area contributed by atoms with Crippen LogP contribution in [0.1, 0.15) is 30.8 Å². The quantitative estimate of drug-likeness (QED) is 0.666. The van der Waals surface area contributed by atoms with Crippen molar-refractivity contribution in [1.29, 1.82) is 5.41 Å². The van der Waals surface area contributed by atoms with E-state index in [-0.39, 0.29) is 17.1 Å². The lowest BCUT2D eigenvalue weighted by molar-refractivity contribution is 0.554. The SMILES string of the molecule is CCc1cc(CC)n(-c2c(F)cc(C(=N)N)cc2F)n1. The Hall–Kier alpha value is -2.24. The van der Waals surface area contributed by atoms with Gasteiger partial charge in [0.25, 0.3) is 0 Å². The number of nitrogens with two attached hydrogens (primary N) is 1. The summed E-state index contributed by atoms with van der Waals surface area (Å²) in [6.45, 7) is 3.82. The molecule has 0 aliphatic heterocycles. The van der Waals surface area contributed by atoms with Crippen LogP contribution in [0.5, 0.6) is 0 Å². The third kappa shape index (κ3) is 2.41. The Morgan fingerprint density at radius 2 is 1.80 bits per heavy atom. The summed E-state index contributed by atoms with van der Waals surface area (Å²) >= 11 is 0.